The Hall–Kier alpha value is -2.88. The lowest BCUT2D eigenvalue weighted by molar-refractivity contribution is 0.867. The van der Waals surface area contributed by atoms with Gasteiger partial charge in [0.25, 0.3) is 0 Å². The molecule has 2 aromatic carbocycles. The molecule has 0 saturated carbocycles. The number of anilines is 1. The predicted octanol–water partition coefficient (Wildman–Crippen LogP) is 4.80. The molecular weight excluding hydrogens is 308 g/mol. The van der Waals surface area contributed by atoms with E-state index in [1.165, 1.54) is 11.1 Å². The van der Waals surface area contributed by atoms with E-state index in [9.17, 15) is 0 Å². The zero-order valence-corrected chi connectivity index (χ0v) is 15.0. The number of nitrogens with two attached hydrogens (primary N) is 1. The summed E-state index contributed by atoms with van der Waals surface area (Å²) < 4.78 is 2.17. The Balaban J connectivity index is 2.06. The smallest absolute Gasteiger partial charge is 0.156 e. The second-order valence-corrected chi connectivity index (χ2v) is 7.01. The van der Waals surface area contributed by atoms with E-state index in [0.717, 1.165) is 33.1 Å². The number of nitrogen functional groups attached to an aromatic ring is 1. The summed E-state index contributed by atoms with van der Waals surface area (Å²) in [6.07, 6.45) is 0. The van der Waals surface area contributed by atoms with Crippen molar-refractivity contribution in [2.45, 2.75) is 26.7 Å². The molecule has 0 atom stereocenters. The van der Waals surface area contributed by atoms with Crippen molar-refractivity contribution in [3.8, 4) is 11.1 Å². The van der Waals surface area contributed by atoms with E-state index in [1.54, 1.807) is 0 Å². The first-order chi connectivity index (χ1) is 12.0. The van der Waals surface area contributed by atoms with Crippen LogP contribution in [0.3, 0.4) is 0 Å². The maximum absolute atomic E-state index is 6.25. The third-order valence-corrected chi connectivity index (χ3v) is 4.94. The Morgan fingerprint density at radius 3 is 2.40 bits per heavy atom. The quantitative estimate of drug-likeness (QED) is 0.574. The van der Waals surface area contributed by atoms with E-state index in [4.69, 9.17) is 5.73 Å². The van der Waals surface area contributed by atoms with Gasteiger partial charge in [-0.15, -0.1) is 10.2 Å². The standard InChI is InChI=1S/C21H22N4/c1-12(2)14-6-8-15(9-7-14)18-20-19(23-24-21(18)22)16-11-13(3)5-10-17(16)25(20)4/h5-12H,1-4H3,(H2,22,24). The molecule has 4 aromatic rings. The van der Waals surface area contributed by atoms with Crippen LogP contribution in [0.15, 0.2) is 42.5 Å². The molecule has 126 valence electrons. The first-order valence-corrected chi connectivity index (χ1v) is 8.58. The van der Waals surface area contributed by atoms with Gasteiger partial charge in [0.1, 0.15) is 5.52 Å². The molecule has 0 aliphatic rings. The summed E-state index contributed by atoms with van der Waals surface area (Å²) in [6, 6.07) is 15.0. The normalized spacial score (nSPS) is 11.7. The Bertz CT molecular complexity index is 1090. The van der Waals surface area contributed by atoms with Gasteiger partial charge in [0.15, 0.2) is 5.82 Å². The highest BCUT2D eigenvalue weighted by Gasteiger charge is 2.18. The highest BCUT2D eigenvalue weighted by molar-refractivity contribution is 6.12. The zero-order chi connectivity index (χ0) is 17.7. The van der Waals surface area contributed by atoms with Crippen molar-refractivity contribution in [2.24, 2.45) is 7.05 Å². The van der Waals surface area contributed by atoms with Gasteiger partial charge in [0.2, 0.25) is 0 Å². The highest BCUT2D eigenvalue weighted by Crippen LogP contribution is 2.37. The van der Waals surface area contributed by atoms with E-state index < -0.39 is 0 Å². The van der Waals surface area contributed by atoms with E-state index >= 15 is 0 Å². The molecule has 0 aliphatic heterocycles. The molecule has 0 fully saturated rings. The summed E-state index contributed by atoms with van der Waals surface area (Å²) in [7, 11) is 2.06. The molecule has 0 saturated heterocycles. The van der Waals surface area contributed by atoms with Gasteiger partial charge in [-0.25, -0.2) is 0 Å². The average Bonchev–Trinajstić information content (AvgIpc) is 2.87. The van der Waals surface area contributed by atoms with Crippen LogP contribution < -0.4 is 5.73 Å². The number of hydrogen-bond acceptors (Lipinski definition) is 3. The van der Waals surface area contributed by atoms with E-state index in [2.05, 4.69) is 85.0 Å². The Kier molecular flexibility index (Phi) is 3.49. The summed E-state index contributed by atoms with van der Waals surface area (Å²) in [5.74, 6) is 0.968. The van der Waals surface area contributed by atoms with Gasteiger partial charge in [0.05, 0.1) is 16.6 Å². The van der Waals surface area contributed by atoms with Gasteiger partial charge in [-0.05, 0) is 36.1 Å². The lowest BCUT2D eigenvalue weighted by Crippen LogP contribution is -2.00. The molecule has 4 rings (SSSR count). The fraction of sp³-hybridized carbons (Fsp3) is 0.238. The third-order valence-electron chi connectivity index (χ3n) is 4.94. The maximum atomic E-state index is 6.25. The molecule has 4 nitrogen and oxygen atoms in total. The molecule has 2 N–H and O–H groups in total. The van der Waals surface area contributed by atoms with Crippen LogP contribution in [-0.4, -0.2) is 14.8 Å². The largest absolute Gasteiger partial charge is 0.382 e. The van der Waals surface area contributed by atoms with Crippen LogP contribution in [0.5, 0.6) is 0 Å². The SMILES string of the molecule is Cc1ccc2c(c1)c1nnc(N)c(-c3ccc(C(C)C)cc3)c1n2C. The van der Waals surface area contributed by atoms with Crippen LogP contribution >= 0.6 is 0 Å². The molecule has 2 aromatic heterocycles. The Morgan fingerprint density at radius 1 is 1.00 bits per heavy atom. The number of rotatable bonds is 2. The second kappa shape index (κ2) is 5.59. The van der Waals surface area contributed by atoms with Crippen LogP contribution in [0.1, 0.15) is 30.9 Å². The lowest BCUT2D eigenvalue weighted by atomic mass is 9.98. The van der Waals surface area contributed by atoms with E-state index in [0.29, 0.717) is 11.7 Å². The number of aryl methyl sites for hydroxylation is 2. The summed E-state index contributed by atoms with van der Waals surface area (Å²) >= 11 is 0. The van der Waals surface area contributed by atoms with Crippen LogP contribution in [-0.2, 0) is 7.05 Å². The molecule has 0 aliphatic carbocycles. The first kappa shape index (κ1) is 15.6. The van der Waals surface area contributed by atoms with Gasteiger partial charge in [0, 0.05) is 12.4 Å². The second-order valence-electron chi connectivity index (χ2n) is 7.01. The summed E-state index contributed by atoms with van der Waals surface area (Å²) in [5, 5.41) is 9.77. The average molecular weight is 330 g/mol. The maximum Gasteiger partial charge on any atom is 0.156 e. The van der Waals surface area contributed by atoms with Crippen molar-refractivity contribution < 1.29 is 0 Å². The van der Waals surface area contributed by atoms with Crippen LogP contribution in [0.4, 0.5) is 5.82 Å². The molecule has 4 heteroatoms. The minimum absolute atomic E-state index is 0.465. The molecule has 2 heterocycles. The van der Waals surface area contributed by atoms with Crippen molar-refractivity contribution >= 4 is 27.8 Å². The minimum Gasteiger partial charge on any atom is -0.382 e. The van der Waals surface area contributed by atoms with Crippen LogP contribution in [0, 0.1) is 6.92 Å². The van der Waals surface area contributed by atoms with Gasteiger partial charge < -0.3 is 10.3 Å². The fourth-order valence-electron chi connectivity index (χ4n) is 3.52. The number of benzene rings is 2. The number of fused-ring (bicyclic) bond motifs is 3. The van der Waals surface area contributed by atoms with Gasteiger partial charge in [-0.2, -0.15) is 0 Å². The Morgan fingerprint density at radius 2 is 1.72 bits per heavy atom. The van der Waals surface area contributed by atoms with Crippen molar-refractivity contribution in [1.82, 2.24) is 14.8 Å². The van der Waals surface area contributed by atoms with E-state index in [1.807, 2.05) is 0 Å². The van der Waals surface area contributed by atoms with Gasteiger partial charge in [-0.3, -0.25) is 0 Å². The molecule has 0 unspecified atom stereocenters. The molecule has 25 heavy (non-hydrogen) atoms. The zero-order valence-electron chi connectivity index (χ0n) is 15.0. The van der Waals surface area contributed by atoms with Gasteiger partial charge >= 0.3 is 0 Å². The molecule has 0 bridgehead atoms. The molecular formula is C21H22N4. The van der Waals surface area contributed by atoms with E-state index in [-0.39, 0.29) is 0 Å². The van der Waals surface area contributed by atoms with Gasteiger partial charge in [-0.1, -0.05) is 49.7 Å². The van der Waals surface area contributed by atoms with Crippen molar-refractivity contribution in [2.75, 3.05) is 5.73 Å². The first-order valence-electron chi connectivity index (χ1n) is 8.58. The number of nitrogens with zero attached hydrogens (tertiary/aromatic N) is 3. The summed E-state index contributed by atoms with van der Waals surface area (Å²) in [4.78, 5) is 0. The Labute approximate surface area is 147 Å². The summed E-state index contributed by atoms with van der Waals surface area (Å²) in [6.45, 7) is 6.48. The number of aromatic nitrogens is 3. The van der Waals surface area contributed by atoms with Crippen molar-refractivity contribution in [1.29, 1.82) is 0 Å². The van der Waals surface area contributed by atoms with Crippen molar-refractivity contribution in [3.05, 3.63) is 53.6 Å². The van der Waals surface area contributed by atoms with Crippen LogP contribution in [0.25, 0.3) is 33.1 Å². The minimum atomic E-state index is 0.465. The highest BCUT2D eigenvalue weighted by atomic mass is 15.2. The summed E-state index contributed by atoms with van der Waals surface area (Å²) in [5.41, 5.74) is 13.9. The third kappa shape index (κ3) is 2.37. The molecule has 0 radical (unpaired) electrons. The van der Waals surface area contributed by atoms with Crippen LogP contribution in [0.2, 0.25) is 0 Å². The molecule has 0 spiro atoms. The van der Waals surface area contributed by atoms with Crippen molar-refractivity contribution in [3.63, 3.8) is 0 Å². The lowest BCUT2D eigenvalue weighted by Gasteiger charge is -2.10. The predicted molar refractivity (Wildman–Crippen MR) is 105 cm³/mol. The topological polar surface area (TPSA) is 56.7 Å². The number of hydrogen-bond donors (Lipinski definition) is 1. The monoisotopic (exact) mass is 330 g/mol. The fourth-order valence-corrected chi connectivity index (χ4v) is 3.52. The molecule has 0 amide bonds.